The van der Waals surface area contributed by atoms with Crippen LogP contribution in [0.2, 0.25) is 0 Å². The number of hydrogen-bond acceptors (Lipinski definition) is 5. The molecular formula is C32H47N3O5S. The van der Waals surface area contributed by atoms with E-state index in [1.165, 1.54) is 30.7 Å². The molecule has 0 bridgehead atoms. The number of methoxy groups -OCH3 is 1. The van der Waals surface area contributed by atoms with Gasteiger partial charge in [0.25, 0.3) is 0 Å². The van der Waals surface area contributed by atoms with Crippen molar-refractivity contribution in [1.29, 1.82) is 0 Å². The Morgan fingerprint density at radius 2 is 1.61 bits per heavy atom. The molecule has 9 heteroatoms. The number of amides is 2. The first-order valence-electron chi connectivity index (χ1n) is 14.9. The maximum atomic E-state index is 13.9. The SMILES string of the molecule is CCCCCCCC(=O)N1CCC(N(Cc2ccc(C)cc2)C(=O)CN(CCOC)S(=O)(=O)c2ccccc2)CC1. The van der Waals surface area contributed by atoms with Crippen molar-refractivity contribution in [3.8, 4) is 0 Å². The van der Waals surface area contributed by atoms with Crippen LogP contribution >= 0.6 is 0 Å². The summed E-state index contributed by atoms with van der Waals surface area (Å²) >= 11 is 0. The van der Waals surface area contributed by atoms with Gasteiger partial charge in [-0.1, -0.05) is 80.6 Å². The maximum Gasteiger partial charge on any atom is 0.243 e. The number of piperidine rings is 1. The van der Waals surface area contributed by atoms with E-state index in [2.05, 4.69) is 6.92 Å². The summed E-state index contributed by atoms with van der Waals surface area (Å²) in [4.78, 5) is 30.6. The highest BCUT2D eigenvalue weighted by atomic mass is 32.2. The van der Waals surface area contributed by atoms with Gasteiger partial charge < -0.3 is 14.5 Å². The third kappa shape index (κ3) is 9.94. The molecular weight excluding hydrogens is 538 g/mol. The van der Waals surface area contributed by atoms with E-state index in [4.69, 9.17) is 4.74 Å². The standard InChI is InChI=1S/C32H47N3O5S/c1-4-5-6-7-11-14-31(36)33-21-19-29(20-22-33)35(25-28-17-15-27(2)16-18-28)32(37)26-34(23-24-40-3)41(38,39)30-12-9-8-10-13-30/h8-10,12-13,15-18,29H,4-7,11,14,19-26H2,1-3H3. The Kier molecular flexibility index (Phi) is 13.3. The molecule has 0 unspecified atom stereocenters. The highest BCUT2D eigenvalue weighted by Crippen LogP contribution is 2.23. The van der Waals surface area contributed by atoms with Crippen LogP contribution in [0, 0.1) is 6.92 Å². The first kappa shape index (κ1) is 32.8. The van der Waals surface area contributed by atoms with Crippen LogP contribution in [0.3, 0.4) is 0 Å². The zero-order valence-electron chi connectivity index (χ0n) is 25.0. The molecule has 41 heavy (non-hydrogen) atoms. The van der Waals surface area contributed by atoms with Gasteiger partial charge in [-0.3, -0.25) is 9.59 Å². The number of carbonyl (C=O) groups is 2. The molecule has 2 aromatic rings. The summed E-state index contributed by atoms with van der Waals surface area (Å²) in [5, 5.41) is 0. The molecule has 0 N–H and O–H groups in total. The fourth-order valence-corrected chi connectivity index (χ4v) is 6.63. The van der Waals surface area contributed by atoms with E-state index in [0.29, 0.717) is 38.9 Å². The van der Waals surface area contributed by atoms with E-state index < -0.39 is 10.0 Å². The lowest BCUT2D eigenvalue weighted by atomic mass is 10.0. The molecule has 1 aliphatic rings. The Balaban J connectivity index is 1.73. The van der Waals surface area contributed by atoms with Crippen LogP contribution in [0.15, 0.2) is 59.5 Å². The molecule has 0 aliphatic carbocycles. The molecule has 0 atom stereocenters. The van der Waals surface area contributed by atoms with Gasteiger partial charge in [-0.05, 0) is 43.9 Å². The average Bonchev–Trinajstić information content (AvgIpc) is 2.99. The minimum atomic E-state index is -3.89. The first-order chi connectivity index (χ1) is 19.8. The lowest BCUT2D eigenvalue weighted by Gasteiger charge is -2.39. The second kappa shape index (κ2) is 16.6. The second-order valence-corrected chi connectivity index (χ2v) is 12.9. The lowest BCUT2D eigenvalue weighted by molar-refractivity contribution is -0.137. The normalized spacial score (nSPS) is 14.4. The number of hydrogen-bond donors (Lipinski definition) is 0. The summed E-state index contributed by atoms with van der Waals surface area (Å²) in [5.41, 5.74) is 2.12. The number of unbranched alkanes of at least 4 members (excludes halogenated alkanes) is 4. The van der Waals surface area contributed by atoms with E-state index in [1.54, 1.807) is 30.3 Å². The first-order valence-corrected chi connectivity index (χ1v) is 16.4. The average molecular weight is 586 g/mol. The van der Waals surface area contributed by atoms with Crippen molar-refractivity contribution < 1.29 is 22.7 Å². The van der Waals surface area contributed by atoms with E-state index >= 15 is 0 Å². The molecule has 226 valence electrons. The highest BCUT2D eigenvalue weighted by Gasteiger charge is 2.33. The monoisotopic (exact) mass is 585 g/mol. The highest BCUT2D eigenvalue weighted by molar-refractivity contribution is 7.89. The summed E-state index contributed by atoms with van der Waals surface area (Å²) < 4.78 is 33.4. The molecule has 8 nitrogen and oxygen atoms in total. The van der Waals surface area contributed by atoms with Crippen LogP contribution < -0.4 is 0 Å². The predicted molar refractivity (Wildman–Crippen MR) is 162 cm³/mol. The Hall–Kier alpha value is -2.75. The van der Waals surface area contributed by atoms with Crippen molar-refractivity contribution in [3.05, 3.63) is 65.7 Å². The number of benzene rings is 2. The van der Waals surface area contributed by atoms with Crippen molar-refractivity contribution >= 4 is 21.8 Å². The van der Waals surface area contributed by atoms with E-state index in [0.717, 1.165) is 24.0 Å². The van der Waals surface area contributed by atoms with Crippen LogP contribution in [0.5, 0.6) is 0 Å². The predicted octanol–water partition coefficient (Wildman–Crippen LogP) is 5.01. The molecule has 1 saturated heterocycles. The Bertz CT molecular complexity index is 1180. The number of rotatable bonds is 16. The third-order valence-corrected chi connectivity index (χ3v) is 9.64. The Morgan fingerprint density at radius 1 is 0.951 bits per heavy atom. The summed E-state index contributed by atoms with van der Waals surface area (Å²) in [6.45, 7) is 5.77. The molecule has 2 aromatic carbocycles. The van der Waals surface area contributed by atoms with Gasteiger partial charge in [0.2, 0.25) is 21.8 Å². The zero-order chi connectivity index (χ0) is 29.7. The van der Waals surface area contributed by atoms with Crippen molar-refractivity contribution in [2.45, 2.75) is 82.7 Å². The molecule has 0 aromatic heterocycles. The van der Waals surface area contributed by atoms with Crippen LogP contribution in [-0.4, -0.2) is 80.3 Å². The molecule has 3 rings (SSSR count). The fraction of sp³-hybridized carbons (Fsp3) is 0.562. The van der Waals surface area contributed by atoms with Crippen molar-refractivity contribution in [2.75, 3.05) is 39.9 Å². The van der Waals surface area contributed by atoms with Crippen molar-refractivity contribution in [2.24, 2.45) is 0 Å². The summed E-state index contributed by atoms with van der Waals surface area (Å²) in [5.74, 6) is -0.0575. The van der Waals surface area contributed by atoms with Gasteiger partial charge >= 0.3 is 0 Å². The van der Waals surface area contributed by atoms with E-state index in [1.807, 2.05) is 41.0 Å². The van der Waals surface area contributed by atoms with Crippen LogP contribution in [0.4, 0.5) is 0 Å². The molecule has 1 heterocycles. The van der Waals surface area contributed by atoms with Crippen molar-refractivity contribution in [3.63, 3.8) is 0 Å². The Labute approximate surface area is 246 Å². The Morgan fingerprint density at radius 3 is 2.24 bits per heavy atom. The number of likely N-dealkylation sites (tertiary alicyclic amines) is 1. The third-order valence-electron chi connectivity index (χ3n) is 7.78. The van der Waals surface area contributed by atoms with Gasteiger partial charge in [0.05, 0.1) is 18.0 Å². The summed E-state index contributed by atoms with van der Waals surface area (Å²) in [6.07, 6.45) is 7.48. The van der Waals surface area contributed by atoms with Gasteiger partial charge in [0.1, 0.15) is 0 Å². The maximum absolute atomic E-state index is 13.9. The van der Waals surface area contributed by atoms with Gasteiger partial charge in [0.15, 0.2) is 0 Å². The van der Waals surface area contributed by atoms with Crippen molar-refractivity contribution in [1.82, 2.24) is 14.1 Å². The van der Waals surface area contributed by atoms with Gasteiger partial charge in [-0.25, -0.2) is 8.42 Å². The van der Waals surface area contributed by atoms with E-state index in [9.17, 15) is 18.0 Å². The second-order valence-electron chi connectivity index (χ2n) is 10.9. The zero-order valence-corrected chi connectivity index (χ0v) is 25.8. The molecule has 2 amide bonds. The van der Waals surface area contributed by atoms with Crippen LogP contribution in [0.25, 0.3) is 0 Å². The number of nitrogens with zero attached hydrogens (tertiary/aromatic N) is 3. The summed E-state index contributed by atoms with van der Waals surface area (Å²) in [7, 11) is -2.38. The topological polar surface area (TPSA) is 87.2 Å². The van der Waals surface area contributed by atoms with Crippen LogP contribution in [0.1, 0.15) is 69.4 Å². The van der Waals surface area contributed by atoms with Gasteiger partial charge in [0, 0.05) is 45.8 Å². The molecule has 0 spiro atoms. The molecule has 1 fully saturated rings. The van der Waals surface area contributed by atoms with Gasteiger partial charge in [-0.2, -0.15) is 4.31 Å². The number of ether oxygens (including phenoxy) is 1. The fourth-order valence-electron chi connectivity index (χ4n) is 5.24. The number of aryl methyl sites for hydroxylation is 1. The van der Waals surface area contributed by atoms with E-state index in [-0.39, 0.29) is 42.4 Å². The largest absolute Gasteiger partial charge is 0.383 e. The van der Waals surface area contributed by atoms with Crippen LogP contribution in [-0.2, 0) is 30.9 Å². The lowest BCUT2D eigenvalue weighted by Crippen LogP contribution is -2.51. The molecule has 1 aliphatic heterocycles. The quantitative estimate of drug-likeness (QED) is 0.259. The summed E-state index contributed by atoms with van der Waals surface area (Å²) in [6, 6.07) is 16.2. The molecule has 0 saturated carbocycles. The molecule has 0 radical (unpaired) electrons. The number of carbonyl (C=O) groups excluding carboxylic acids is 2. The minimum absolute atomic E-state index is 0.0725. The van der Waals surface area contributed by atoms with Gasteiger partial charge in [-0.15, -0.1) is 0 Å². The number of sulfonamides is 1. The minimum Gasteiger partial charge on any atom is -0.383 e. The smallest absolute Gasteiger partial charge is 0.243 e.